The van der Waals surface area contributed by atoms with Crippen LogP contribution in [0.2, 0.25) is 0 Å². The summed E-state index contributed by atoms with van der Waals surface area (Å²) in [7, 11) is 4.72. The number of carbonyl (C=O) groups is 1. The first-order valence-electron chi connectivity index (χ1n) is 6.98. The lowest BCUT2D eigenvalue weighted by Gasteiger charge is -2.07. The molecule has 0 aliphatic carbocycles. The molecule has 0 radical (unpaired) electrons. The maximum Gasteiger partial charge on any atom is 0.271 e. The predicted molar refractivity (Wildman–Crippen MR) is 100 cm³/mol. The molecule has 2 aromatic rings. The van der Waals surface area contributed by atoms with Gasteiger partial charge in [0.05, 0.1) is 31.1 Å². The van der Waals surface area contributed by atoms with E-state index >= 15 is 0 Å². The summed E-state index contributed by atoms with van der Waals surface area (Å²) < 4.78 is 16.4. The van der Waals surface area contributed by atoms with Crippen molar-refractivity contribution in [2.24, 2.45) is 5.10 Å². The number of ether oxygens (including phenoxy) is 3. The number of nitrogens with one attached hydrogen (secondary N) is 1. The molecule has 0 unspecified atom stereocenters. The molecule has 0 aromatic heterocycles. The summed E-state index contributed by atoms with van der Waals surface area (Å²) >= 11 is 2.11. The van der Waals surface area contributed by atoms with Crippen LogP contribution in [0.3, 0.4) is 0 Å². The second-order valence-corrected chi connectivity index (χ2v) is 5.83. The van der Waals surface area contributed by atoms with Crippen molar-refractivity contribution in [3.63, 3.8) is 0 Å². The summed E-state index contributed by atoms with van der Waals surface area (Å²) in [6, 6.07) is 10.5. The summed E-state index contributed by atoms with van der Waals surface area (Å²) in [4.78, 5) is 12.1. The molecule has 7 heteroatoms. The van der Waals surface area contributed by atoms with Gasteiger partial charge < -0.3 is 14.2 Å². The molecule has 1 amide bonds. The van der Waals surface area contributed by atoms with Crippen LogP contribution < -0.4 is 19.6 Å². The lowest BCUT2D eigenvalue weighted by atomic mass is 10.2. The third kappa shape index (κ3) is 4.38. The Hall–Kier alpha value is -2.29. The third-order valence-corrected chi connectivity index (χ3v) is 4.04. The molecule has 126 valence electrons. The minimum atomic E-state index is -0.299. The van der Waals surface area contributed by atoms with Crippen LogP contribution in [0.25, 0.3) is 0 Å². The molecule has 6 nitrogen and oxygen atoms in total. The van der Waals surface area contributed by atoms with Crippen LogP contribution in [0.4, 0.5) is 0 Å². The highest BCUT2D eigenvalue weighted by Gasteiger charge is 2.08. The number of rotatable bonds is 6. The summed E-state index contributed by atoms with van der Waals surface area (Å²) in [6.07, 6.45) is 1.54. The van der Waals surface area contributed by atoms with Gasteiger partial charge in [0.1, 0.15) is 5.75 Å². The van der Waals surface area contributed by atoms with E-state index in [1.54, 1.807) is 51.7 Å². The van der Waals surface area contributed by atoms with E-state index in [4.69, 9.17) is 14.2 Å². The molecule has 0 atom stereocenters. The van der Waals surface area contributed by atoms with Crippen molar-refractivity contribution >= 4 is 34.7 Å². The molecule has 0 spiro atoms. The van der Waals surface area contributed by atoms with Crippen LogP contribution in [-0.2, 0) is 0 Å². The second kappa shape index (κ2) is 8.53. The van der Waals surface area contributed by atoms with Gasteiger partial charge in [0, 0.05) is 5.56 Å². The molecular weight excluding hydrogens is 423 g/mol. The van der Waals surface area contributed by atoms with Crippen LogP contribution in [0.15, 0.2) is 41.5 Å². The number of hydrogen-bond donors (Lipinski definition) is 1. The number of nitrogens with zero attached hydrogens (tertiary/aromatic N) is 1. The lowest BCUT2D eigenvalue weighted by molar-refractivity contribution is 0.0955. The molecular formula is C17H17IN2O4. The van der Waals surface area contributed by atoms with Crippen molar-refractivity contribution in [3.05, 3.63) is 51.1 Å². The SMILES string of the molecule is COc1ccc(C(=O)N/N=C/c2ccc(OC)c(OC)c2)cc1I. The highest BCUT2D eigenvalue weighted by atomic mass is 127. The fourth-order valence-electron chi connectivity index (χ4n) is 1.97. The molecule has 0 fully saturated rings. The average Bonchev–Trinajstić information content (AvgIpc) is 2.61. The standard InChI is InChI=1S/C17H17IN2O4/c1-22-14-7-5-12(9-13(14)18)17(21)20-19-10-11-4-6-15(23-2)16(8-11)24-3/h4-10H,1-3H3,(H,20,21)/b19-10+. The van der Waals surface area contributed by atoms with Crippen molar-refractivity contribution in [2.45, 2.75) is 0 Å². The number of hydrogen-bond acceptors (Lipinski definition) is 5. The van der Waals surface area contributed by atoms with Crippen molar-refractivity contribution in [2.75, 3.05) is 21.3 Å². The Morgan fingerprint density at radius 1 is 1.00 bits per heavy atom. The number of amides is 1. The van der Waals surface area contributed by atoms with Gasteiger partial charge in [0.2, 0.25) is 0 Å². The van der Waals surface area contributed by atoms with E-state index in [-0.39, 0.29) is 5.91 Å². The van der Waals surface area contributed by atoms with Crippen LogP contribution in [-0.4, -0.2) is 33.5 Å². The van der Waals surface area contributed by atoms with E-state index in [9.17, 15) is 4.79 Å². The van der Waals surface area contributed by atoms with Gasteiger partial charge in [-0.15, -0.1) is 0 Å². The summed E-state index contributed by atoms with van der Waals surface area (Å²) in [5.74, 6) is 1.65. The van der Waals surface area contributed by atoms with Gasteiger partial charge >= 0.3 is 0 Å². The van der Waals surface area contributed by atoms with Crippen molar-refractivity contribution in [1.82, 2.24) is 5.43 Å². The Morgan fingerprint density at radius 2 is 1.67 bits per heavy atom. The van der Waals surface area contributed by atoms with Crippen LogP contribution in [0, 0.1) is 3.57 Å². The van der Waals surface area contributed by atoms with Gasteiger partial charge in [-0.1, -0.05) is 0 Å². The van der Waals surface area contributed by atoms with Crippen LogP contribution >= 0.6 is 22.6 Å². The third-order valence-electron chi connectivity index (χ3n) is 3.20. The fourth-order valence-corrected chi connectivity index (χ4v) is 2.71. The number of halogens is 1. The summed E-state index contributed by atoms with van der Waals surface area (Å²) in [5.41, 5.74) is 3.77. The predicted octanol–water partition coefficient (Wildman–Crippen LogP) is 3.08. The van der Waals surface area contributed by atoms with Crippen molar-refractivity contribution < 1.29 is 19.0 Å². The monoisotopic (exact) mass is 440 g/mol. The quantitative estimate of drug-likeness (QED) is 0.426. The van der Waals surface area contributed by atoms with E-state index < -0.39 is 0 Å². The normalized spacial score (nSPS) is 10.5. The van der Waals surface area contributed by atoms with Crippen LogP contribution in [0.1, 0.15) is 15.9 Å². The molecule has 0 bridgehead atoms. The molecule has 0 aliphatic rings. The topological polar surface area (TPSA) is 69.2 Å². The first-order chi connectivity index (χ1) is 11.6. The van der Waals surface area contributed by atoms with Crippen molar-refractivity contribution in [3.8, 4) is 17.2 Å². The number of carbonyl (C=O) groups excluding carboxylic acids is 1. The summed E-state index contributed by atoms with van der Waals surface area (Å²) in [6.45, 7) is 0. The molecule has 0 saturated heterocycles. The van der Waals surface area contributed by atoms with Gasteiger partial charge in [0.15, 0.2) is 11.5 Å². The first kappa shape index (κ1) is 18.1. The number of benzene rings is 2. The lowest BCUT2D eigenvalue weighted by Crippen LogP contribution is -2.17. The maximum atomic E-state index is 12.1. The largest absolute Gasteiger partial charge is 0.496 e. The minimum absolute atomic E-state index is 0.299. The van der Waals surface area contributed by atoms with E-state index in [1.807, 2.05) is 6.07 Å². The van der Waals surface area contributed by atoms with Crippen molar-refractivity contribution in [1.29, 1.82) is 0 Å². The van der Waals surface area contributed by atoms with Gasteiger partial charge in [-0.25, -0.2) is 5.43 Å². The second-order valence-electron chi connectivity index (χ2n) is 4.66. The Labute approximate surface area is 153 Å². The molecule has 2 aromatic carbocycles. The smallest absolute Gasteiger partial charge is 0.271 e. The zero-order valence-corrected chi connectivity index (χ0v) is 15.7. The zero-order chi connectivity index (χ0) is 17.5. The van der Waals surface area contributed by atoms with E-state index in [0.717, 1.165) is 14.9 Å². The molecule has 24 heavy (non-hydrogen) atoms. The molecule has 1 N–H and O–H groups in total. The highest BCUT2D eigenvalue weighted by Crippen LogP contribution is 2.26. The Balaban J connectivity index is 2.05. The molecule has 0 aliphatic heterocycles. The maximum absolute atomic E-state index is 12.1. The van der Waals surface area contributed by atoms with Gasteiger partial charge in [-0.3, -0.25) is 4.79 Å². The van der Waals surface area contributed by atoms with E-state index in [2.05, 4.69) is 33.1 Å². The molecule has 2 rings (SSSR count). The first-order valence-corrected chi connectivity index (χ1v) is 8.06. The minimum Gasteiger partial charge on any atom is -0.496 e. The number of hydrazone groups is 1. The summed E-state index contributed by atoms with van der Waals surface area (Å²) in [5, 5.41) is 3.97. The average molecular weight is 440 g/mol. The highest BCUT2D eigenvalue weighted by molar-refractivity contribution is 14.1. The molecule has 0 saturated carbocycles. The Kier molecular flexibility index (Phi) is 6.42. The van der Waals surface area contributed by atoms with Gasteiger partial charge in [-0.05, 0) is 64.6 Å². The van der Waals surface area contributed by atoms with Gasteiger partial charge in [-0.2, -0.15) is 5.10 Å². The van der Waals surface area contributed by atoms with Crippen LogP contribution in [0.5, 0.6) is 17.2 Å². The Morgan fingerprint density at radius 3 is 2.29 bits per heavy atom. The zero-order valence-electron chi connectivity index (χ0n) is 13.5. The fraction of sp³-hybridized carbons (Fsp3) is 0.176. The molecule has 0 heterocycles. The van der Waals surface area contributed by atoms with Gasteiger partial charge in [0.25, 0.3) is 5.91 Å². The number of methoxy groups -OCH3 is 3. The Bertz CT molecular complexity index is 762. The van der Waals surface area contributed by atoms with E-state index in [0.29, 0.717) is 17.1 Å². The van der Waals surface area contributed by atoms with E-state index in [1.165, 1.54) is 6.21 Å².